The number of urea groups is 1. The van der Waals surface area contributed by atoms with Crippen LogP contribution in [-0.4, -0.2) is 27.9 Å². The van der Waals surface area contributed by atoms with E-state index in [4.69, 9.17) is 0 Å². The molecule has 2 aromatic heterocycles. The van der Waals surface area contributed by atoms with Crippen LogP contribution < -0.4 is 10.9 Å². The van der Waals surface area contributed by atoms with E-state index in [9.17, 15) is 22.8 Å². The average molecular weight is 340 g/mol. The zero-order valence-electron chi connectivity index (χ0n) is 12.9. The molecule has 9 heteroatoms. The molecule has 2 aromatic rings. The Bertz CT molecular complexity index is 802. The number of aromatic nitrogens is 2. The number of carbonyl (C=O) groups excluding carboxylic acids is 1. The molecular weight excluding hydrogens is 325 g/mol. The van der Waals surface area contributed by atoms with Crippen molar-refractivity contribution in [3.63, 3.8) is 0 Å². The predicted octanol–water partition coefficient (Wildman–Crippen LogP) is 2.76. The van der Waals surface area contributed by atoms with Gasteiger partial charge in [0.1, 0.15) is 5.69 Å². The molecule has 2 amide bonds. The van der Waals surface area contributed by atoms with Crippen molar-refractivity contribution < 1.29 is 18.0 Å². The molecule has 0 aliphatic rings. The lowest BCUT2D eigenvalue weighted by Gasteiger charge is -2.18. The fourth-order valence-corrected chi connectivity index (χ4v) is 2.07. The standard InChI is InChI=1S/C15H15F3N4O2/c1-9-6-11(7-19-13(9)15(16,17)18)21-14(24)22(2)8-10-4-3-5-12(23)20-10/h3-7H,8H2,1-2H3,(H,20,23)(H,21,24). The molecule has 0 unspecified atom stereocenters. The third-order valence-electron chi connectivity index (χ3n) is 3.18. The Morgan fingerprint density at radius 1 is 1.38 bits per heavy atom. The summed E-state index contributed by atoms with van der Waals surface area (Å²) >= 11 is 0. The Morgan fingerprint density at radius 3 is 2.67 bits per heavy atom. The fourth-order valence-electron chi connectivity index (χ4n) is 2.07. The van der Waals surface area contributed by atoms with Crippen LogP contribution in [0, 0.1) is 6.92 Å². The van der Waals surface area contributed by atoms with E-state index in [0.29, 0.717) is 5.69 Å². The monoisotopic (exact) mass is 340 g/mol. The quantitative estimate of drug-likeness (QED) is 0.902. The summed E-state index contributed by atoms with van der Waals surface area (Å²) in [7, 11) is 1.49. The summed E-state index contributed by atoms with van der Waals surface area (Å²) in [6.07, 6.45) is -3.59. The molecule has 0 saturated carbocycles. The summed E-state index contributed by atoms with van der Waals surface area (Å²) in [6.45, 7) is 1.40. The van der Waals surface area contributed by atoms with Gasteiger partial charge >= 0.3 is 12.2 Å². The number of anilines is 1. The van der Waals surface area contributed by atoms with Gasteiger partial charge in [-0.2, -0.15) is 13.2 Å². The Labute approximate surface area is 135 Å². The van der Waals surface area contributed by atoms with Crippen LogP contribution in [-0.2, 0) is 12.7 Å². The highest BCUT2D eigenvalue weighted by atomic mass is 19.4. The van der Waals surface area contributed by atoms with Gasteiger partial charge in [-0.15, -0.1) is 0 Å². The van der Waals surface area contributed by atoms with Gasteiger partial charge in [-0.25, -0.2) is 9.78 Å². The second kappa shape index (κ2) is 6.73. The Kier molecular flexibility index (Phi) is 4.91. The van der Waals surface area contributed by atoms with E-state index in [-0.39, 0.29) is 23.4 Å². The number of nitrogens with zero attached hydrogens (tertiary/aromatic N) is 2. The summed E-state index contributed by atoms with van der Waals surface area (Å²) in [5, 5.41) is 2.46. The normalized spacial score (nSPS) is 11.2. The lowest BCUT2D eigenvalue weighted by atomic mass is 10.2. The molecule has 0 saturated heterocycles. The number of hydrogen-bond acceptors (Lipinski definition) is 3. The summed E-state index contributed by atoms with van der Waals surface area (Å²) in [5.41, 5.74) is -0.685. The first kappa shape index (κ1) is 17.5. The second-order valence-electron chi connectivity index (χ2n) is 5.21. The maximum Gasteiger partial charge on any atom is 0.433 e. The summed E-state index contributed by atoms with van der Waals surface area (Å²) < 4.78 is 38.0. The molecule has 0 aliphatic heterocycles. The van der Waals surface area contributed by atoms with E-state index in [1.807, 2.05) is 0 Å². The molecule has 2 heterocycles. The number of aryl methyl sites for hydroxylation is 1. The molecule has 0 aliphatic carbocycles. The zero-order valence-corrected chi connectivity index (χ0v) is 12.9. The maximum absolute atomic E-state index is 12.7. The lowest BCUT2D eigenvalue weighted by molar-refractivity contribution is -0.141. The Morgan fingerprint density at radius 2 is 2.08 bits per heavy atom. The molecule has 128 valence electrons. The number of alkyl halides is 3. The molecular formula is C15H15F3N4O2. The van der Waals surface area contributed by atoms with Crippen molar-refractivity contribution in [2.75, 3.05) is 12.4 Å². The molecule has 2 N–H and O–H groups in total. The molecule has 0 aromatic carbocycles. The molecule has 2 rings (SSSR count). The summed E-state index contributed by atoms with van der Waals surface area (Å²) in [4.78, 5) is 30.5. The van der Waals surface area contributed by atoms with Gasteiger partial charge in [-0.3, -0.25) is 4.79 Å². The predicted molar refractivity (Wildman–Crippen MR) is 81.5 cm³/mol. The van der Waals surface area contributed by atoms with Gasteiger partial charge in [0.25, 0.3) is 0 Å². The fraction of sp³-hybridized carbons (Fsp3) is 0.267. The van der Waals surface area contributed by atoms with Crippen molar-refractivity contribution in [2.24, 2.45) is 0 Å². The molecule has 0 bridgehead atoms. The number of H-pyrrole nitrogens is 1. The molecule has 6 nitrogen and oxygen atoms in total. The smallest absolute Gasteiger partial charge is 0.324 e. The van der Waals surface area contributed by atoms with Crippen LogP contribution in [0.15, 0.2) is 35.3 Å². The number of rotatable bonds is 3. The van der Waals surface area contributed by atoms with E-state index in [0.717, 1.165) is 6.20 Å². The van der Waals surface area contributed by atoms with Crippen LogP contribution in [0.1, 0.15) is 17.0 Å². The number of amides is 2. The van der Waals surface area contributed by atoms with Gasteiger partial charge in [-0.05, 0) is 24.6 Å². The Balaban J connectivity index is 2.06. The summed E-state index contributed by atoms with van der Waals surface area (Å²) in [6, 6.07) is 5.21. The molecule has 0 atom stereocenters. The van der Waals surface area contributed by atoms with Crippen molar-refractivity contribution in [1.82, 2.24) is 14.9 Å². The van der Waals surface area contributed by atoms with Gasteiger partial charge in [-0.1, -0.05) is 6.07 Å². The van der Waals surface area contributed by atoms with Crippen LogP contribution in [0.4, 0.5) is 23.7 Å². The van der Waals surface area contributed by atoms with E-state index < -0.39 is 17.9 Å². The van der Waals surface area contributed by atoms with Crippen molar-refractivity contribution in [2.45, 2.75) is 19.6 Å². The maximum atomic E-state index is 12.7. The number of pyridine rings is 2. The van der Waals surface area contributed by atoms with Crippen LogP contribution >= 0.6 is 0 Å². The third kappa shape index (κ3) is 4.34. The molecule has 24 heavy (non-hydrogen) atoms. The number of hydrogen-bond donors (Lipinski definition) is 2. The molecule has 0 radical (unpaired) electrons. The van der Waals surface area contributed by atoms with Crippen LogP contribution in [0.3, 0.4) is 0 Å². The van der Waals surface area contributed by atoms with Crippen molar-refractivity contribution in [1.29, 1.82) is 0 Å². The highest BCUT2D eigenvalue weighted by Crippen LogP contribution is 2.30. The van der Waals surface area contributed by atoms with Gasteiger partial charge in [0.15, 0.2) is 0 Å². The average Bonchev–Trinajstić information content (AvgIpc) is 2.45. The Hall–Kier alpha value is -2.84. The number of aromatic amines is 1. The zero-order chi connectivity index (χ0) is 17.9. The minimum Gasteiger partial charge on any atom is -0.324 e. The largest absolute Gasteiger partial charge is 0.433 e. The molecule has 0 spiro atoms. The van der Waals surface area contributed by atoms with E-state index >= 15 is 0 Å². The SMILES string of the molecule is Cc1cc(NC(=O)N(C)Cc2cccc(=O)[nH]2)cnc1C(F)(F)F. The lowest BCUT2D eigenvalue weighted by Crippen LogP contribution is -2.31. The molecule has 0 fully saturated rings. The first-order chi connectivity index (χ1) is 11.2. The summed E-state index contributed by atoms with van der Waals surface area (Å²) in [5.74, 6) is 0. The van der Waals surface area contributed by atoms with E-state index in [2.05, 4.69) is 15.3 Å². The highest BCUT2D eigenvalue weighted by molar-refractivity contribution is 5.89. The van der Waals surface area contributed by atoms with E-state index in [1.54, 1.807) is 12.1 Å². The van der Waals surface area contributed by atoms with Gasteiger partial charge in [0.05, 0.1) is 18.4 Å². The van der Waals surface area contributed by atoms with Crippen molar-refractivity contribution in [3.8, 4) is 0 Å². The van der Waals surface area contributed by atoms with Crippen molar-refractivity contribution >= 4 is 11.7 Å². The van der Waals surface area contributed by atoms with Crippen LogP contribution in [0.5, 0.6) is 0 Å². The van der Waals surface area contributed by atoms with Gasteiger partial charge in [0.2, 0.25) is 5.56 Å². The van der Waals surface area contributed by atoms with Crippen LogP contribution in [0.25, 0.3) is 0 Å². The van der Waals surface area contributed by atoms with Crippen LogP contribution in [0.2, 0.25) is 0 Å². The third-order valence-corrected chi connectivity index (χ3v) is 3.18. The first-order valence-electron chi connectivity index (χ1n) is 6.91. The van der Waals surface area contributed by atoms with Crippen molar-refractivity contribution in [3.05, 3.63) is 57.8 Å². The number of carbonyl (C=O) groups is 1. The minimum absolute atomic E-state index is 0.0876. The minimum atomic E-state index is -4.54. The number of nitrogens with one attached hydrogen (secondary N) is 2. The second-order valence-corrected chi connectivity index (χ2v) is 5.21. The topological polar surface area (TPSA) is 78.1 Å². The first-order valence-corrected chi connectivity index (χ1v) is 6.91. The highest BCUT2D eigenvalue weighted by Gasteiger charge is 2.34. The van der Waals surface area contributed by atoms with E-state index in [1.165, 1.54) is 31.0 Å². The van der Waals surface area contributed by atoms with Gasteiger partial charge < -0.3 is 15.2 Å². The van der Waals surface area contributed by atoms with Gasteiger partial charge in [0, 0.05) is 18.8 Å². The number of halogens is 3.